The summed E-state index contributed by atoms with van der Waals surface area (Å²) in [7, 11) is 0. The maximum atomic E-state index is 11.2. The molecule has 0 unspecified atom stereocenters. The number of carbonyl (C=O) groups is 1. The molecule has 0 aliphatic rings. The molecule has 12 heavy (non-hydrogen) atoms. The minimum atomic E-state index is 0.147. The zero-order chi connectivity index (χ0) is 9.56. The van der Waals surface area contributed by atoms with E-state index in [1.165, 1.54) is 0 Å². The molecule has 0 amide bonds. The molecule has 0 radical (unpaired) electrons. The second-order valence-corrected chi connectivity index (χ2v) is 3.38. The van der Waals surface area contributed by atoms with Gasteiger partial charge in [-0.3, -0.25) is 4.79 Å². The summed E-state index contributed by atoms with van der Waals surface area (Å²) in [5, 5.41) is 0. The molecule has 0 saturated carbocycles. The molecule has 0 spiro atoms. The van der Waals surface area contributed by atoms with Gasteiger partial charge >= 0.3 is 0 Å². The minimum absolute atomic E-state index is 0.147. The molecule has 1 nitrogen and oxygen atoms in total. The molecule has 68 valence electrons. The summed E-state index contributed by atoms with van der Waals surface area (Å²) in [4.78, 5) is 11.2. The summed E-state index contributed by atoms with van der Waals surface area (Å²) in [5.41, 5.74) is 2.08. The van der Waals surface area contributed by atoms with Crippen LogP contribution in [-0.4, -0.2) is 11.7 Å². The van der Waals surface area contributed by atoms with Gasteiger partial charge in [-0.15, -0.1) is 11.6 Å². The molecular weight excluding hydrogens is 172 g/mol. The Kier molecular flexibility index (Phi) is 5.73. The van der Waals surface area contributed by atoms with E-state index in [0.717, 1.165) is 11.1 Å². The topological polar surface area (TPSA) is 17.1 Å². The number of ketones is 1. The van der Waals surface area contributed by atoms with Gasteiger partial charge in [0.2, 0.25) is 0 Å². The molecule has 0 heterocycles. The molecule has 0 aliphatic carbocycles. The highest BCUT2D eigenvalue weighted by molar-refractivity contribution is 6.19. The monoisotopic (exact) mass is 186 g/mol. The van der Waals surface area contributed by atoms with Crippen LogP contribution in [0.2, 0.25) is 0 Å². The van der Waals surface area contributed by atoms with Crippen molar-refractivity contribution in [2.45, 2.75) is 27.2 Å². The van der Waals surface area contributed by atoms with Gasteiger partial charge < -0.3 is 0 Å². The molecule has 0 bridgehead atoms. The van der Waals surface area contributed by atoms with Crippen molar-refractivity contribution in [1.29, 1.82) is 0 Å². The quantitative estimate of drug-likeness (QED) is 0.375. The van der Waals surface area contributed by atoms with Crippen LogP contribution in [0.1, 0.15) is 27.2 Å². The molecule has 0 atom stereocenters. The molecular formula is C10H15ClO. The Morgan fingerprint density at radius 1 is 1.33 bits per heavy atom. The standard InChI is InChI=1S/C10H15ClO/c1-8(2)6-10(12)7-9(3)4-5-11/h4,6H,5,7H2,1-3H3/b9-4+. The highest BCUT2D eigenvalue weighted by Gasteiger charge is 1.97. The first-order valence-corrected chi connectivity index (χ1v) is 4.49. The van der Waals surface area contributed by atoms with Crippen LogP contribution in [0, 0.1) is 0 Å². The van der Waals surface area contributed by atoms with Gasteiger partial charge in [0, 0.05) is 12.3 Å². The van der Waals surface area contributed by atoms with Crippen molar-refractivity contribution in [3.8, 4) is 0 Å². The summed E-state index contributed by atoms with van der Waals surface area (Å²) >= 11 is 5.48. The third kappa shape index (κ3) is 6.17. The van der Waals surface area contributed by atoms with Crippen LogP contribution in [-0.2, 0) is 4.79 Å². The van der Waals surface area contributed by atoms with Crippen molar-refractivity contribution < 1.29 is 4.79 Å². The number of alkyl halides is 1. The van der Waals surface area contributed by atoms with Gasteiger partial charge in [-0.1, -0.05) is 17.2 Å². The lowest BCUT2D eigenvalue weighted by Gasteiger charge is -1.96. The summed E-state index contributed by atoms with van der Waals surface area (Å²) in [5.74, 6) is 0.627. The van der Waals surface area contributed by atoms with E-state index in [2.05, 4.69) is 0 Å². The molecule has 0 fully saturated rings. The fourth-order valence-corrected chi connectivity index (χ4v) is 1.12. The lowest BCUT2D eigenvalue weighted by Crippen LogP contribution is -1.94. The zero-order valence-electron chi connectivity index (χ0n) is 7.86. The summed E-state index contributed by atoms with van der Waals surface area (Å²) in [6.07, 6.45) is 4.00. The SMILES string of the molecule is CC(C)=CC(=O)C/C(C)=C/CCl. The maximum absolute atomic E-state index is 11.2. The van der Waals surface area contributed by atoms with Crippen LogP contribution >= 0.6 is 11.6 Å². The van der Waals surface area contributed by atoms with Crippen LogP contribution in [0.3, 0.4) is 0 Å². The highest BCUT2D eigenvalue weighted by atomic mass is 35.5. The van der Waals surface area contributed by atoms with Crippen LogP contribution in [0.25, 0.3) is 0 Å². The van der Waals surface area contributed by atoms with Crippen molar-refractivity contribution in [2.75, 3.05) is 5.88 Å². The zero-order valence-corrected chi connectivity index (χ0v) is 8.61. The second kappa shape index (κ2) is 6.01. The smallest absolute Gasteiger partial charge is 0.159 e. The molecule has 0 aromatic carbocycles. The molecule has 0 N–H and O–H groups in total. The Balaban J connectivity index is 4.02. The number of halogens is 1. The second-order valence-electron chi connectivity index (χ2n) is 3.07. The number of carbonyl (C=O) groups excluding carboxylic acids is 1. The molecule has 0 aromatic heterocycles. The van der Waals surface area contributed by atoms with E-state index in [4.69, 9.17) is 11.6 Å². The third-order valence-corrected chi connectivity index (χ3v) is 1.48. The summed E-state index contributed by atoms with van der Waals surface area (Å²) in [6.45, 7) is 5.75. The van der Waals surface area contributed by atoms with Crippen LogP contribution in [0.15, 0.2) is 23.3 Å². The van der Waals surface area contributed by atoms with E-state index in [-0.39, 0.29) is 5.78 Å². The molecule has 0 aromatic rings. The Hall–Kier alpha value is -0.560. The van der Waals surface area contributed by atoms with Gasteiger partial charge in [0.05, 0.1) is 0 Å². The van der Waals surface area contributed by atoms with Gasteiger partial charge in [0.15, 0.2) is 5.78 Å². The van der Waals surface area contributed by atoms with Gasteiger partial charge in [0.1, 0.15) is 0 Å². The van der Waals surface area contributed by atoms with E-state index in [1.54, 1.807) is 6.08 Å². The largest absolute Gasteiger partial charge is 0.295 e. The average Bonchev–Trinajstić information content (AvgIpc) is 1.84. The Morgan fingerprint density at radius 3 is 2.33 bits per heavy atom. The van der Waals surface area contributed by atoms with Crippen LogP contribution < -0.4 is 0 Å². The first-order chi connectivity index (χ1) is 5.56. The normalized spacial score (nSPS) is 11.2. The molecule has 0 aliphatic heterocycles. The van der Waals surface area contributed by atoms with Gasteiger partial charge in [-0.2, -0.15) is 0 Å². The fourth-order valence-electron chi connectivity index (χ4n) is 0.852. The fraction of sp³-hybridized carbons (Fsp3) is 0.500. The predicted octanol–water partition coefficient (Wildman–Crippen LogP) is 3.10. The van der Waals surface area contributed by atoms with Crippen molar-refractivity contribution in [1.82, 2.24) is 0 Å². The van der Waals surface area contributed by atoms with Crippen LogP contribution in [0.5, 0.6) is 0 Å². The minimum Gasteiger partial charge on any atom is -0.295 e. The maximum Gasteiger partial charge on any atom is 0.159 e. The van der Waals surface area contributed by atoms with Gasteiger partial charge in [0.25, 0.3) is 0 Å². The third-order valence-electron chi connectivity index (χ3n) is 1.33. The number of hydrogen-bond donors (Lipinski definition) is 0. The number of allylic oxidation sites excluding steroid dienone is 4. The summed E-state index contributed by atoms with van der Waals surface area (Å²) < 4.78 is 0. The molecule has 2 heteroatoms. The first kappa shape index (κ1) is 11.4. The summed E-state index contributed by atoms with van der Waals surface area (Å²) in [6, 6.07) is 0. The van der Waals surface area contributed by atoms with E-state index >= 15 is 0 Å². The van der Waals surface area contributed by atoms with E-state index in [1.807, 2.05) is 26.8 Å². The van der Waals surface area contributed by atoms with Crippen molar-refractivity contribution in [3.05, 3.63) is 23.3 Å². The van der Waals surface area contributed by atoms with E-state index in [9.17, 15) is 4.79 Å². The van der Waals surface area contributed by atoms with Gasteiger partial charge in [-0.05, 0) is 26.8 Å². The number of rotatable bonds is 4. The lowest BCUT2D eigenvalue weighted by atomic mass is 10.1. The Morgan fingerprint density at radius 2 is 1.92 bits per heavy atom. The first-order valence-electron chi connectivity index (χ1n) is 3.95. The molecule has 0 saturated heterocycles. The van der Waals surface area contributed by atoms with Gasteiger partial charge in [-0.25, -0.2) is 0 Å². The van der Waals surface area contributed by atoms with E-state index < -0.39 is 0 Å². The van der Waals surface area contributed by atoms with Crippen LogP contribution in [0.4, 0.5) is 0 Å². The average molecular weight is 187 g/mol. The van der Waals surface area contributed by atoms with Crippen molar-refractivity contribution in [3.63, 3.8) is 0 Å². The van der Waals surface area contributed by atoms with E-state index in [0.29, 0.717) is 12.3 Å². The van der Waals surface area contributed by atoms with Crippen molar-refractivity contribution in [2.24, 2.45) is 0 Å². The molecule has 0 rings (SSSR count). The predicted molar refractivity (Wildman–Crippen MR) is 53.5 cm³/mol. The highest BCUT2D eigenvalue weighted by Crippen LogP contribution is 2.03. The Bertz CT molecular complexity index is 210. The Labute approximate surface area is 79.1 Å². The number of hydrogen-bond acceptors (Lipinski definition) is 1. The lowest BCUT2D eigenvalue weighted by molar-refractivity contribution is -0.114. The van der Waals surface area contributed by atoms with Crippen molar-refractivity contribution >= 4 is 17.4 Å².